The van der Waals surface area contributed by atoms with Crippen LogP contribution in [-0.2, 0) is 9.53 Å². The number of hydrogen-bond acceptors (Lipinski definition) is 5. The molecule has 0 radical (unpaired) electrons. The number of ether oxygens (including phenoxy) is 1. The van der Waals surface area contributed by atoms with E-state index in [0.29, 0.717) is 13.2 Å². The fourth-order valence-electron chi connectivity index (χ4n) is 2.37. The second kappa shape index (κ2) is 6.01. The molecule has 0 saturated carbocycles. The first kappa shape index (κ1) is 14.5. The molecule has 3 amide bonds. The summed E-state index contributed by atoms with van der Waals surface area (Å²) in [5, 5.41) is 9.14. The molecule has 0 aromatic rings. The first-order valence-electron chi connectivity index (χ1n) is 6.67. The van der Waals surface area contributed by atoms with Crippen LogP contribution >= 0.6 is 0 Å². The molecular weight excluding hydrogens is 260 g/mol. The summed E-state index contributed by atoms with van der Waals surface area (Å²) >= 11 is 0. The topological polar surface area (TPSA) is 86.0 Å². The van der Waals surface area contributed by atoms with Crippen LogP contribution < -0.4 is 0 Å². The lowest BCUT2D eigenvalue weighted by Gasteiger charge is -2.33. The largest absolute Gasteiger partial charge is 0.376 e. The van der Waals surface area contributed by atoms with Crippen LogP contribution in [0.4, 0.5) is 4.79 Å². The number of imide groups is 1. The molecule has 0 aliphatic carbocycles. The van der Waals surface area contributed by atoms with E-state index in [2.05, 4.69) is 4.99 Å². The highest BCUT2D eigenvalue weighted by molar-refractivity contribution is 6.19. The standard InChI is InChI=1S/C13H18N4O3/c1-16-11(15-8-9-5-3-4-6-20-9)10(7-14)12(18)17(2)13(16)19/h9-10H,3-6,8H2,1-2H3. The highest BCUT2D eigenvalue weighted by Gasteiger charge is 2.40. The molecule has 0 aromatic heterocycles. The third-order valence-electron chi connectivity index (χ3n) is 3.61. The molecular formula is C13H18N4O3. The van der Waals surface area contributed by atoms with Crippen LogP contribution in [0.1, 0.15) is 19.3 Å². The number of amidine groups is 1. The molecule has 2 heterocycles. The average Bonchev–Trinajstić information content (AvgIpc) is 2.48. The van der Waals surface area contributed by atoms with Crippen molar-refractivity contribution in [3.05, 3.63) is 0 Å². The number of nitriles is 1. The Kier molecular flexibility index (Phi) is 4.35. The zero-order chi connectivity index (χ0) is 14.7. The average molecular weight is 278 g/mol. The van der Waals surface area contributed by atoms with E-state index in [1.165, 1.54) is 19.0 Å². The van der Waals surface area contributed by atoms with Crippen LogP contribution in [0.3, 0.4) is 0 Å². The van der Waals surface area contributed by atoms with E-state index in [1.807, 2.05) is 6.07 Å². The summed E-state index contributed by atoms with van der Waals surface area (Å²) in [5.41, 5.74) is 0. The van der Waals surface area contributed by atoms with Gasteiger partial charge in [-0.25, -0.2) is 4.79 Å². The maximum absolute atomic E-state index is 11.9. The van der Waals surface area contributed by atoms with Gasteiger partial charge >= 0.3 is 6.03 Å². The van der Waals surface area contributed by atoms with Crippen LogP contribution in [0.25, 0.3) is 0 Å². The minimum absolute atomic E-state index is 0.00820. The molecule has 2 saturated heterocycles. The maximum atomic E-state index is 11.9. The van der Waals surface area contributed by atoms with E-state index in [1.54, 1.807) is 0 Å². The highest BCUT2D eigenvalue weighted by atomic mass is 16.5. The summed E-state index contributed by atoms with van der Waals surface area (Å²) in [7, 11) is 2.89. The third-order valence-corrected chi connectivity index (χ3v) is 3.61. The van der Waals surface area contributed by atoms with Gasteiger partial charge in [-0.15, -0.1) is 0 Å². The first-order valence-corrected chi connectivity index (χ1v) is 6.67. The molecule has 0 aromatic carbocycles. The smallest absolute Gasteiger partial charge is 0.331 e. The molecule has 0 N–H and O–H groups in total. The first-order chi connectivity index (χ1) is 9.56. The van der Waals surface area contributed by atoms with E-state index in [-0.39, 0.29) is 11.9 Å². The number of nitrogens with zero attached hydrogens (tertiary/aromatic N) is 4. The Morgan fingerprint density at radius 1 is 1.35 bits per heavy atom. The lowest BCUT2D eigenvalue weighted by atomic mass is 10.1. The summed E-state index contributed by atoms with van der Waals surface area (Å²) < 4.78 is 5.56. The number of carbonyl (C=O) groups is 2. The lowest BCUT2D eigenvalue weighted by Crippen LogP contribution is -2.56. The molecule has 2 unspecified atom stereocenters. The zero-order valence-corrected chi connectivity index (χ0v) is 11.7. The van der Waals surface area contributed by atoms with Gasteiger partial charge in [-0.05, 0) is 19.3 Å². The Morgan fingerprint density at radius 3 is 2.70 bits per heavy atom. The van der Waals surface area contributed by atoms with Crippen molar-refractivity contribution in [2.75, 3.05) is 27.2 Å². The fourth-order valence-corrected chi connectivity index (χ4v) is 2.37. The Morgan fingerprint density at radius 2 is 2.10 bits per heavy atom. The van der Waals surface area contributed by atoms with Crippen molar-refractivity contribution in [3.63, 3.8) is 0 Å². The van der Waals surface area contributed by atoms with Gasteiger partial charge in [0.2, 0.25) is 0 Å². The van der Waals surface area contributed by atoms with Crippen LogP contribution in [0.15, 0.2) is 4.99 Å². The van der Waals surface area contributed by atoms with Crippen LogP contribution in [-0.4, -0.2) is 60.9 Å². The van der Waals surface area contributed by atoms with Crippen molar-refractivity contribution in [2.45, 2.75) is 25.4 Å². The number of hydrogen-bond donors (Lipinski definition) is 0. The minimum atomic E-state index is -1.02. The van der Waals surface area contributed by atoms with Gasteiger partial charge in [-0.1, -0.05) is 0 Å². The molecule has 2 fully saturated rings. The van der Waals surface area contributed by atoms with Crippen molar-refractivity contribution < 1.29 is 14.3 Å². The number of urea groups is 1. The van der Waals surface area contributed by atoms with Gasteiger partial charge in [0.1, 0.15) is 5.84 Å². The van der Waals surface area contributed by atoms with Crippen LogP contribution in [0.5, 0.6) is 0 Å². The Bertz CT molecular complexity index is 476. The van der Waals surface area contributed by atoms with Gasteiger partial charge in [-0.2, -0.15) is 5.26 Å². The van der Waals surface area contributed by atoms with E-state index < -0.39 is 17.9 Å². The maximum Gasteiger partial charge on any atom is 0.331 e. The van der Waals surface area contributed by atoms with E-state index in [9.17, 15) is 9.59 Å². The predicted octanol–water partition coefficient (Wildman–Crippen LogP) is 0.618. The molecule has 0 bridgehead atoms. The molecule has 2 aliphatic heterocycles. The predicted molar refractivity (Wildman–Crippen MR) is 70.9 cm³/mol. The van der Waals surface area contributed by atoms with Gasteiger partial charge in [0.15, 0.2) is 5.92 Å². The van der Waals surface area contributed by atoms with E-state index in [4.69, 9.17) is 10.00 Å². The molecule has 20 heavy (non-hydrogen) atoms. The van der Waals surface area contributed by atoms with Gasteiger partial charge < -0.3 is 4.74 Å². The van der Waals surface area contributed by atoms with Gasteiger partial charge in [-0.3, -0.25) is 19.6 Å². The van der Waals surface area contributed by atoms with Crippen molar-refractivity contribution in [1.82, 2.24) is 9.80 Å². The summed E-state index contributed by atoms with van der Waals surface area (Å²) in [6.45, 7) is 1.09. The highest BCUT2D eigenvalue weighted by Crippen LogP contribution is 2.18. The SMILES string of the molecule is CN1C(=O)C(C#N)C(=NCC2CCCCO2)N(C)C1=O. The van der Waals surface area contributed by atoms with E-state index in [0.717, 1.165) is 24.2 Å². The van der Waals surface area contributed by atoms with Gasteiger partial charge in [0.05, 0.1) is 18.7 Å². The lowest BCUT2D eigenvalue weighted by molar-refractivity contribution is -0.129. The number of carbonyl (C=O) groups excluding carboxylic acids is 2. The Labute approximate surface area is 117 Å². The molecule has 7 heteroatoms. The monoisotopic (exact) mass is 278 g/mol. The minimum Gasteiger partial charge on any atom is -0.376 e. The van der Waals surface area contributed by atoms with Crippen molar-refractivity contribution in [2.24, 2.45) is 10.9 Å². The molecule has 2 atom stereocenters. The summed E-state index contributed by atoms with van der Waals surface area (Å²) in [5.74, 6) is -1.33. The normalized spacial score (nSPS) is 29.8. The summed E-state index contributed by atoms with van der Waals surface area (Å²) in [6.07, 6.45) is 3.07. The summed E-state index contributed by atoms with van der Waals surface area (Å²) in [6, 6.07) is 1.45. The number of amides is 3. The molecule has 0 spiro atoms. The van der Waals surface area contributed by atoms with Crippen molar-refractivity contribution in [3.8, 4) is 6.07 Å². The van der Waals surface area contributed by atoms with E-state index >= 15 is 0 Å². The molecule has 2 rings (SSSR count). The summed E-state index contributed by atoms with van der Waals surface area (Å²) in [4.78, 5) is 30.3. The van der Waals surface area contributed by atoms with Crippen LogP contribution in [0, 0.1) is 17.2 Å². The molecule has 2 aliphatic rings. The quantitative estimate of drug-likeness (QED) is 0.741. The number of aliphatic imine (C=N–C) groups is 1. The Hall–Kier alpha value is -1.94. The third kappa shape index (κ3) is 2.65. The molecule has 108 valence electrons. The zero-order valence-electron chi connectivity index (χ0n) is 11.7. The van der Waals surface area contributed by atoms with Crippen molar-refractivity contribution >= 4 is 17.8 Å². The fraction of sp³-hybridized carbons (Fsp3) is 0.692. The van der Waals surface area contributed by atoms with Crippen LogP contribution in [0.2, 0.25) is 0 Å². The Balaban J connectivity index is 2.15. The van der Waals surface area contributed by atoms with Crippen molar-refractivity contribution in [1.29, 1.82) is 5.26 Å². The molecule has 7 nitrogen and oxygen atoms in total. The van der Waals surface area contributed by atoms with Gasteiger partial charge in [0.25, 0.3) is 5.91 Å². The van der Waals surface area contributed by atoms with Gasteiger partial charge in [0, 0.05) is 20.7 Å². The second-order valence-corrected chi connectivity index (χ2v) is 4.99. The second-order valence-electron chi connectivity index (χ2n) is 4.99. The number of rotatable bonds is 2.